The SMILES string of the molecule is O=C(CNCc1ccccc1)Oc1ccccc1. The predicted molar refractivity (Wildman–Crippen MR) is 70.2 cm³/mol. The average molecular weight is 241 g/mol. The van der Waals surface area contributed by atoms with Gasteiger partial charge in [-0.15, -0.1) is 0 Å². The second kappa shape index (κ2) is 6.57. The van der Waals surface area contributed by atoms with Crippen molar-refractivity contribution in [2.45, 2.75) is 6.54 Å². The molecule has 0 unspecified atom stereocenters. The number of para-hydroxylation sites is 1. The Morgan fingerprint density at radius 2 is 1.56 bits per heavy atom. The number of carbonyl (C=O) groups excluding carboxylic acids is 1. The number of benzene rings is 2. The first-order valence-electron chi connectivity index (χ1n) is 5.85. The summed E-state index contributed by atoms with van der Waals surface area (Å²) in [5, 5.41) is 3.05. The minimum atomic E-state index is -0.280. The van der Waals surface area contributed by atoms with Crippen molar-refractivity contribution in [1.82, 2.24) is 5.32 Å². The van der Waals surface area contributed by atoms with Gasteiger partial charge in [0.2, 0.25) is 0 Å². The minimum absolute atomic E-state index is 0.198. The average Bonchev–Trinajstić information content (AvgIpc) is 2.41. The third-order valence-electron chi connectivity index (χ3n) is 2.42. The van der Waals surface area contributed by atoms with Crippen molar-refractivity contribution in [2.24, 2.45) is 0 Å². The van der Waals surface area contributed by atoms with E-state index in [1.165, 1.54) is 0 Å². The number of hydrogen-bond acceptors (Lipinski definition) is 3. The second-order valence-corrected chi connectivity index (χ2v) is 3.88. The fraction of sp³-hybridized carbons (Fsp3) is 0.133. The van der Waals surface area contributed by atoms with Gasteiger partial charge < -0.3 is 10.1 Å². The number of ether oxygens (including phenoxy) is 1. The molecular formula is C15H15NO2. The van der Waals surface area contributed by atoms with Crippen LogP contribution in [0.25, 0.3) is 0 Å². The molecule has 18 heavy (non-hydrogen) atoms. The summed E-state index contributed by atoms with van der Waals surface area (Å²) in [4.78, 5) is 11.5. The van der Waals surface area contributed by atoms with E-state index in [-0.39, 0.29) is 12.5 Å². The van der Waals surface area contributed by atoms with Gasteiger partial charge in [0.25, 0.3) is 0 Å². The summed E-state index contributed by atoms with van der Waals surface area (Å²) in [5.41, 5.74) is 1.14. The number of carbonyl (C=O) groups is 1. The second-order valence-electron chi connectivity index (χ2n) is 3.88. The highest BCUT2D eigenvalue weighted by atomic mass is 16.5. The van der Waals surface area contributed by atoms with Gasteiger partial charge in [-0.2, -0.15) is 0 Å². The minimum Gasteiger partial charge on any atom is -0.426 e. The molecule has 0 heterocycles. The molecule has 0 aliphatic rings. The first kappa shape index (κ1) is 12.3. The molecule has 3 heteroatoms. The van der Waals surface area contributed by atoms with E-state index in [0.29, 0.717) is 12.3 Å². The molecule has 2 rings (SSSR count). The highest BCUT2D eigenvalue weighted by Gasteiger charge is 2.03. The summed E-state index contributed by atoms with van der Waals surface area (Å²) in [6, 6.07) is 19.0. The van der Waals surface area contributed by atoms with E-state index in [0.717, 1.165) is 5.56 Å². The molecule has 0 aromatic heterocycles. The van der Waals surface area contributed by atoms with Crippen LogP contribution in [0.3, 0.4) is 0 Å². The monoisotopic (exact) mass is 241 g/mol. The van der Waals surface area contributed by atoms with Crippen molar-refractivity contribution < 1.29 is 9.53 Å². The Bertz CT molecular complexity index is 482. The summed E-state index contributed by atoms with van der Waals surface area (Å²) >= 11 is 0. The highest BCUT2D eigenvalue weighted by Crippen LogP contribution is 2.08. The first-order chi connectivity index (χ1) is 8.84. The molecule has 92 valence electrons. The first-order valence-corrected chi connectivity index (χ1v) is 5.85. The zero-order valence-electron chi connectivity index (χ0n) is 10.0. The third kappa shape index (κ3) is 4.03. The standard InChI is InChI=1S/C15H15NO2/c17-15(18-14-9-5-2-6-10-14)12-16-11-13-7-3-1-4-8-13/h1-10,16H,11-12H2. The van der Waals surface area contributed by atoms with Gasteiger partial charge in [-0.3, -0.25) is 4.79 Å². The van der Waals surface area contributed by atoms with Gasteiger partial charge in [0.05, 0.1) is 6.54 Å². The van der Waals surface area contributed by atoms with Crippen molar-refractivity contribution in [3.8, 4) is 5.75 Å². The Morgan fingerprint density at radius 3 is 2.22 bits per heavy atom. The molecule has 0 fully saturated rings. The summed E-state index contributed by atoms with van der Waals surface area (Å²) in [5.74, 6) is 0.293. The van der Waals surface area contributed by atoms with Gasteiger partial charge in [0.15, 0.2) is 0 Å². The maximum absolute atomic E-state index is 11.5. The molecular weight excluding hydrogens is 226 g/mol. The van der Waals surface area contributed by atoms with Gasteiger partial charge >= 0.3 is 5.97 Å². The molecule has 2 aromatic rings. The summed E-state index contributed by atoms with van der Waals surface area (Å²) in [7, 11) is 0. The highest BCUT2D eigenvalue weighted by molar-refractivity contribution is 5.74. The van der Waals surface area contributed by atoms with E-state index in [4.69, 9.17) is 4.74 Å². The predicted octanol–water partition coefficient (Wildman–Crippen LogP) is 2.38. The fourth-order valence-electron chi connectivity index (χ4n) is 1.56. The van der Waals surface area contributed by atoms with Crippen LogP contribution >= 0.6 is 0 Å². The molecule has 0 spiro atoms. The Hall–Kier alpha value is -2.13. The summed E-state index contributed by atoms with van der Waals surface area (Å²) in [6.45, 7) is 0.856. The third-order valence-corrected chi connectivity index (χ3v) is 2.42. The Morgan fingerprint density at radius 1 is 0.944 bits per heavy atom. The van der Waals surface area contributed by atoms with Gasteiger partial charge in [-0.25, -0.2) is 0 Å². The molecule has 0 saturated carbocycles. The summed E-state index contributed by atoms with van der Waals surface area (Å²) in [6.07, 6.45) is 0. The topological polar surface area (TPSA) is 38.3 Å². The zero-order valence-corrected chi connectivity index (χ0v) is 10.0. The Labute approximate surface area is 106 Å². The molecule has 0 bridgehead atoms. The van der Waals surface area contributed by atoms with Gasteiger partial charge in [0, 0.05) is 6.54 Å². The van der Waals surface area contributed by atoms with E-state index in [2.05, 4.69) is 5.32 Å². The Balaban J connectivity index is 1.73. The van der Waals surface area contributed by atoms with E-state index < -0.39 is 0 Å². The van der Waals surface area contributed by atoms with Gasteiger partial charge in [-0.1, -0.05) is 48.5 Å². The number of hydrogen-bond donors (Lipinski definition) is 1. The zero-order chi connectivity index (χ0) is 12.6. The van der Waals surface area contributed by atoms with Gasteiger partial charge in [0.1, 0.15) is 5.75 Å². The number of esters is 1. The smallest absolute Gasteiger partial charge is 0.325 e. The van der Waals surface area contributed by atoms with Crippen molar-refractivity contribution in [1.29, 1.82) is 0 Å². The van der Waals surface area contributed by atoms with Crippen LogP contribution in [0.2, 0.25) is 0 Å². The van der Waals surface area contributed by atoms with E-state index in [1.807, 2.05) is 48.5 Å². The van der Waals surface area contributed by atoms with Gasteiger partial charge in [-0.05, 0) is 17.7 Å². The van der Waals surface area contributed by atoms with Crippen LogP contribution in [-0.4, -0.2) is 12.5 Å². The largest absolute Gasteiger partial charge is 0.426 e. The van der Waals surface area contributed by atoms with Crippen molar-refractivity contribution in [3.05, 3.63) is 66.2 Å². The van der Waals surface area contributed by atoms with Crippen molar-refractivity contribution in [3.63, 3.8) is 0 Å². The quantitative estimate of drug-likeness (QED) is 0.645. The maximum atomic E-state index is 11.5. The maximum Gasteiger partial charge on any atom is 0.325 e. The van der Waals surface area contributed by atoms with Crippen LogP contribution < -0.4 is 10.1 Å². The van der Waals surface area contributed by atoms with E-state index in [9.17, 15) is 4.79 Å². The van der Waals surface area contributed by atoms with Crippen LogP contribution in [0.15, 0.2) is 60.7 Å². The molecule has 2 aromatic carbocycles. The van der Waals surface area contributed by atoms with Crippen LogP contribution in [0.1, 0.15) is 5.56 Å². The fourth-order valence-corrected chi connectivity index (χ4v) is 1.56. The molecule has 0 amide bonds. The number of rotatable bonds is 5. The van der Waals surface area contributed by atoms with Crippen LogP contribution in [-0.2, 0) is 11.3 Å². The van der Waals surface area contributed by atoms with Crippen LogP contribution in [0.4, 0.5) is 0 Å². The Kier molecular flexibility index (Phi) is 4.50. The number of nitrogens with one attached hydrogen (secondary N) is 1. The van der Waals surface area contributed by atoms with E-state index >= 15 is 0 Å². The van der Waals surface area contributed by atoms with Crippen LogP contribution in [0, 0.1) is 0 Å². The van der Waals surface area contributed by atoms with Crippen LogP contribution in [0.5, 0.6) is 5.75 Å². The molecule has 3 nitrogen and oxygen atoms in total. The molecule has 0 aliphatic carbocycles. The lowest BCUT2D eigenvalue weighted by Gasteiger charge is -2.05. The molecule has 0 atom stereocenters. The summed E-state index contributed by atoms with van der Waals surface area (Å²) < 4.78 is 5.15. The lowest BCUT2D eigenvalue weighted by molar-refractivity contribution is -0.133. The van der Waals surface area contributed by atoms with E-state index in [1.54, 1.807) is 12.1 Å². The molecule has 0 aliphatic heterocycles. The lowest BCUT2D eigenvalue weighted by Crippen LogP contribution is -2.26. The van der Waals surface area contributed by atoms with Crippen molar-refractivity contribution >= 4 is 5.97 Å². The molecule has 1 N–H and O–H groups in total. The molecule has 0 saturated heterocycles. The van der Waals surface area contributed by atoms with Crippen molar-refractivity contribution in [2.75, 3.05) is 6.54 Å². The lowest BCUT2D eigenvalue weighted by atomic mass is 10.2. The normalized spacial score (nSPS) is 10.0. The molecule has 0 radical (unpaired) electrons.